The topological polar surface area (TPSA) is 148 Å². The lowest BCUT2D eigenvalue weighted by atomic mass is 9.78. The van der Waals surface area contributed by atoms with E-state index in [4.69, 9.17) is 0 Å². The zero-order valence-corrected chi connectivity index (χ0v) is 29.0. The van der Waals surface area contributed by atoms with Crippen molar-refractivity contribution in [3.63, 3.8) is 0 Å². The van der Waals surface area contributed by atoms with Crippen molar-refractivity contribution in [2.45, 2.75) is 62.7 Å². The van der Waals surface area contributed by atoms with Gasteiger partial charge in [-0.25, -0.2) is 17.8 Å². The van der Waals surface area contributed by atoms with Crippen LogP contribution >= 0.6 is 11.3 Å². The van der Waals surface area contributed by atoms with Gasteiger partial charge in [0.2, 0.25) is 5.91 Å². The third kappa shape index (κ3) is 9.59. The highest BCUT2D eigenvalue weighted by atomic mass is 32.2. The lowest BCUT2D eigenvalue weighted by Gasteiger charge is -2.48. The number of aryl methyl sites for hydroxylation is 4. The van der Waals surface area contributed by atoms with Gasteiger partial charge in [0.1, 0.15) is 21.3 Å². The number of aliphatic hydroxyl groups excluding tert-OH is 3. The second-order valence-corrected chi connectivity index (χ2v) is 16.2. The van der Waals surface area contributed by atoms with Gasteiger partial charge in [0.15, 0.2) is 0 Å². The van der Waals surface area contributed by atoms with Crippen molar-refractivity contribution >= 4 is 32.8 Å². The van der Waals surface area contributed by atoms with Crippen LogP contribution in [0.1, 0.15) is 64.4 Å². The van der Waals surface area contributed by atoms with Crippen LogP contribution in [0.5, 0.6) is 0 Å². The highest BCUT2D eigenvalue weighted by Crippen LogP contribution is 2.46. The Morgan fingerprint density at radius 1 is 0.918 bits per heavy atom. The first-order valence-electron chi connectivity index (χ1n) is 16.4. The van der Waals surface area contributed by atoms with Gasteiger partial charge in [-0.2, -0.15) is 0 Å². The summed E-state index contributed by atoms with van der Waals surface area (Å²) >= 11 is 1.52. The molecule has 0 spiro atoms. The SMILES string of the molecule is CS(=O)(=O)CCc1csc(CCc2ccc(N3C(=O)[C@H](CC[C@H](O)c4ccc(F)cc4)[C@H]3c3ccc(CCC(O)(CO)CO)cc3)cc2)n1. The standard InChI is InChI=1S/C37H43FN2O7S2/c1-49(46,47)21-19-30-22-48-34(39-30)17-6-25-4-13-31(14-5-25)40-35(28-7-2-26(3-8-28)18-20-37(45,23-41)24-42)32(36(40)44)15-16-33(43)27-9-11-29(38)12-10-27/h2-5,7-14,22,32-33,35,41-43,45H,6,15-21,23-24H2,1H3/t32-,33+,35-/m1/s1. The van der Waals surface area contributed by atoms with Crippen LogP contribution in [-0.4, -0.2) is 70.6 Å². The quantitative estimate of drug-likeness (QED) is 0.117. The number of amides is 1. The van der Waals surface area contributed by atoms with Crippen molar-refractivity contribution in [3.8, 4) is 0 Å². The molecule has 4 aromatic rings. The summed E-state index contributed by atoms with van der Waals surface area (Å²) in [4.78, 5) is 20.0. The van der Waals surface area contributed by atoms with E-state index in [0.29, 0.717) is 37.7 Å². The third-order valence-electron chi connectivity index (χ3n) is 9.18. The predicted molar refractivity (Wildman–Crippen MR) is 188 cm³/mol. The van der Waals surface area contributed by atoms with Gasteiger partial charge < -0.3 is 25.3 Å². The molecule has 4 N–H and O–H groups in total. The fourth-order valence-corrected chi connectivity index (χ4v) is 7.51. The number of aromatic nitrogens is 1. The summed E-state index contributed by atoms with van der Waals surface area (Å²) in [6, 6.07) is 21.0. The molecule has 1 saturated heterocycles. The Hall–Kier alpha value is -3.52. The molecule has 1 amide bonds. The van der Waals surface area contributed by atoms with E-state index in [1.807, 2.05) is 53.9 Å². The number of sulfone groups is 1. The molecule has 49 heavy (non-hydrogen) atoms. The monoisotopic (exact) mass is 710 g/mol. The number of hydrogen-bond acceptors (Lipinski definition) is 9. The minimum atomic E-state index is -3.05. The molecule has 0 bridgehead atoms. The van der Waals surface area contributed by atoms with E-state index in [0.717, 1.165) is 39.5 Å². The Balaban J connectivity index is 1.28. The van der Waals surface area contributed by atoms with Crippen molar-refractivity contribution in [2.24, 2.45) is 5.92 Å². The maximum absolute atomic E-state index is 13.7. The molecule has 0 unspecified atom stereocenters. The summed E-state index contributed by atoms with van der Waals surface area (Å²) in [5.41, 5.74) is 3.49. The van der Waals surface area contributed by atoms with Gasteiger partial charge in [-0.15, -0.1) is 11.3 Å². The average Bonchev–Trinajstić information content (AvgIpc) is 3.56. The Morgan fingerprint density at radius 3 is 2.18 bits per heavy atom. The molecule has 0 saturated carbocycles. The number of thiazole rings is 1. The van der Waals surface area contributed by atoms with Crippen molar-refractivity contribution in [2.75, 3.05) is 30.1 Å². The van der Waals surface area contributed by atoms with Crippen molar-refractivity contribution in [3.05, 3.63) is 117 Å². The summed E-state index contributed by atoms with van der Waals surface area (Å²) in [7, 11) is -3.05. The number of rotatable bonds is 17. The first-order valence-corrected chi connectivity index (χ1v) is 19.3. The van der Waals surface area contributed by atoms with Crippen molar-refractivity contribution < 1.29 is 38.0 Å². The number of anilines is 1. The molecule has 12 heteroatoms. The zero-order valence-electron chi connectivity index (χ0n) is 27.4. The third-order valence-corrected chi connectivity index (χ3v) is 11.1. The van der Waals surface area contributed by atoms with Crippen LogP contribution in [0.25, 0.3) is 0 Å². The van der Waals surface area contributed by atoms with Crippen LogP contribution in [0.15, 0.2) is 78.2 Å². The number of β-lactam (4-membered cyclic amide) rings is 1. The number of halogens is 1. The fraction of sp³-hybridized carbons (Fsp3) is 0.405. The number of nitrogens with zero attached hydrogens (tertiary/aromatic N) is 2. The molecule has 1 aliphatic rings. The van der Waals surface area contributed by atoms with Crippen LogP contribution < -0.4 is 4.90 Å². The minimum Gasteiger partial charge on any atom is -0.393 e. The molecule has 1 fully saturated rings. The first-order chi connectivity index (χ1) is 23.4. The summed E-state index contributed by atoms with van der Waals surface area (Å²) in [5, 5.41) is 42.8. The van der Waals surface area contributed by atoms with Crippen LogP contribution in [0.3, 0.4) is 0 Å². The molecule has 262 valence electrons. The van der Waals surface area contributed by atoms with Crippen LogP contribution in [0.2, 0.25) is 0 Å². The van der Waals surface area contributed by atoms with Gasteiger partial charge >= 0.3 is 0 Å². The lowest BCUT2D eigenvalue weighted by molar-refractivity contribution is -0.131. The van der Waals surface area contributed by atoms with E-state index in [1.165, 1.54) is 29.7 Å². The van der Waals surface area contributed by atoms with E-state index in [-0.39, 0.29) is 35.9 Å². The number of benzene rings is 3. The van der Waals surface area contributed by atoms with E-state index in [1.54, 1.807) is 17.0 Å². The summed E-state index contributed by atoms with van der Waals surface area (Å²) in [6.45, 7) is -1.08. The molecular weight excluding hydrogens is 668 g/mol. The van der Waals surface area contributed by atoms with Gasteiger partial charge in [0.25, 0.3) is 0 Å². The highest BCUT2D eigenvalue weighted by Gasteiger charge is 2.48. The number of hydrogen-bond donors (Lipinski definition) is 4. The van der Waals surface area contributed by atoms with Gasteiger partial charge in [-0.3, -0.25) is 4.79 Å². The maximum atomic E-state index is 13.7. The van der Waals surface area contributed by atoms with Crippen molar-refractivity contribution in [1.29, 1.82) is 0 Å². The molecule has 1 aromatic heterocycles. The number of carbonyl (C=O) groups excluding carboxylic acids is 1. The second-order valence-electron chi connectivity index (χ2n) is 13.0. The Labute approximate surface area is 290 Å². The number of carbonyl (C=O) groups is 1. The Kier molecular flexibility index (Phi) is 12.0. The molecule has 5 rings (SSSR count). The molecule has 9 nitrogen and oxygen atoms in total. The highest BCUT2D eigenvalue weighted by molar-refractivity contribution is 7.90. The molecule has 1 aliphatic heterocycles. The van der Waals surface area contributed by atoms with Gasteiger partial charge in [-0.1, -0.05) is 48.5 Å². The van der Waals surface area contributed by atoms with Crippen LogP contribution in [0.4, 0.5) is 10.1 Å². The van der Waals surface area contributed by atoms with Crippen LogP contribution in [0, 0.1) is 11.7 Å². The lowest BCUT2D eigenvalue weighted by Crippen LogP contribution is -2.55. The van der Waals surface area contributed by atoms with E-state index in [2.05, 4.69) is 4.98 Å². The smallest absolute Gasteiger partial charge is 0.233 e. The molecular formula is C37H43FN2O7S2. The molecule has 0 aliphatic carbocycles. The molecule has 2 heterocycles. The van der Waals surface area contributed by atoms with E-state index >= 15 is 0 Å². The van der Waals surface area contributed by atoms with Crippen molar-refractivity contribution in [1.82, 2.24) is 4.98 Å². The molecule has 3 atom stereocenters. The summed E-state index contributed by atoms with van der Waals surface area (Å²) in [6.07, 6.45) is 3.64. The van der Waals surface area contributed by atoms with Gasteiger partial charge in [-0.05, 0) is 78.6 Å². The number of aliphatic hydroxyl groups is 4. The maximum Gasteiger partial charge on any atom is 0.233 e. The second kappa shape index (κ2) is 16.0. The molecule has 3 aromatic carbocycles. The summed E-state index contributed by atoms with van der Waals surface area (Å²) in [5.74, 6) is -0.732. The van der Waals surface area contributed by atoms with E-state index < -0.39 is 34.8 Å². The largest absolute Gasteiger partial charge is 0.393 e. The Bertz CT molecular complexity index is 1790. The average molecular weight is 711 g/mol. The van der Waals surface area contributed by atoms with Gasteiger partial charge in [0, 0.05) is 30.2 Å². The zero-order chi connectivity index (χ0) is 35.2. The van der Waals surface area contributed by atoms with Crippen LogP contribution in [-0.2, 0) is 40.3 Å². The fourth-order valence-electron chi connectivity index (χ4n) is 6.10. The minimum absolute atomic E-state index is 0.0477. The predicted octanol–water partition coefficient (Wildman–Crippen LogP) is 4.52. The Morgan fingerprint density at radius 2 is 1.55 bits per heavy atom. The molecule has 0 radical (unpaired) electrons. The normalized spacial score (nSPS) is 17.3. The van der Waals surface area contributed by atoms with E-state index in [9.17, 15) is 38.0 Å². The van der Waals surface area contributed by atoms with Gasteiger partial charge in [0.05, 0.1) is 47.7 Å². The first kappa shape index (κ1) is 36.8. The summed E-state index contributed by atoms with van der Waals surface area (Å²) < 4.78 is 36.4.